The highest BCUT2D eigenvalue weighted by atomic mass is 16.5. The lowest BCUT2D eigenvalue weighted by molar-refractivity contribution is 0.354. The summed E-state index contributed by atoms with van der Waals surface area (Å²) in [6.07, 6.45) is 1.69. The molecule has 23 heavy (non-hydrogen) atoms. The van der Waals surface area contributed by atoms with Gasteiger partial charge in [-0.3, -0.25) is 4.99 Å². The number of fused-ring (bicyclic) bond motifs is 1. The number of nitrogens with zero attached hydrogens (tertiary/aromatic N) is 1. The molecule has 0 radical (unpaired) electrons. The fraction of sp³-hybridized carbons (Fsp3) is 0.316. The smallest absolute Gasteiger partial charge is 0.160 e. The minimum absolute atomic E-state index is 0.740. The molecule has 0 saturated heterocycles. The van der Waals surface area contributed by atoms with Gasteiger partial charge in [0.2, 0.25) is 0 Å². The topological polar surface area (TPSA) is 40.0 Å². The van der Waals surface area contributed by atoms with Crippen molar-refractivity contribution in [2.75, 3.05) is 27.9 Å². The van der Waals surface area contributed by atoms with E-state index in [0.29, 0.717) is 0 Å². The standard InChI is InChI=1S/C19H21NO3/c1-21-17-6-4-5-14-15(17)9-10-20-16(14)11-13-7-8-18(22-2)19(12-13)23-3/h4-8,12H,9-11H2,1-3H3. The summed E-state index contributed by atoms with van der Waals surface area (Å²) < 4.78 is 16.2. The van der Waals surface area contributed by atoms with E-state index in [-0.39, 0.29) is 0 Å². The largest absolute Gasteiger partial charge is 0.496 e. The van der Waals surface area contributed by atoms with E-state index in [0.717, 1.165) is 47.9 Å². The SMILES string of the molecule is COc1ccc(CC2=NCCc3c(OC)cccc32)cc1OC. The first kappa shape index (κ1) is 15.4. The van der Waals surface area contributed by atoms with Gasteiger partial charge in [-0.25, -0.2) is 0 Å². The van der Waals surface area contributed by atoms with Crippen LogP contribution in [0.5, 0.6) is 17.2 Å². The Hall–Kier alpha value is -2.49. The Morgan fingerprint density at radius 3 is 2.43 bits per heavy atom. The fourth-order valence-corrected chi connectivity index (χ4v) is 3.01. The van der Waals surface area contributed by atoms with E-state index in [4.69, 9.17) is 19.2 Å². The summed E-state index contributed by atoms with van der Waals surface area (Å²) in [7, 11) is 5.01. The van der Waals surface area contributed by atoms with Crippen molar-refractivity contribution in [3.05, 3.63) is 53.1 Å². The van der Waals surface area contributed by atoms with Gasteiger partial charge in [0, 0.05) is 29.8 Å². The van der Waals surface area contributed by atoms with Gasteiger partial charge in [0.15, 0.2) is 11.5 Å². The van der Waals surface area contributed by atoms with Crippen LogP contribution in [0.2, 0.25) is 0 Å². The summed E-state index contributed by atoms with van der Waals surface area (Å²) in [4.78, 5) is 4.73. The lowest BCUT2D eigenvalue weighted by Gasteiger charge is -2.20. The first-order valence-electron chi connectivity index (χ1n) is 7.67. The summed E-state index contributed by atoms with van der Waals surface area (Å²) in [6.45, 7) is 0.802. The van der Waals surface area contributed by atoms with Gasteiger partial charge in [-0.2, -0.15) is 0 Å². The molecule has 0 fully saturated rings. The average molecular weight is 311 g/mol. The van der Waals surface area contributed by atoms with Gasteiger partial charge < -0.3 is 14.2 Å². The van der Waals surface area contributed by atoms with Crippen molar-refractivity contribution in [1.29, 1.82) is 0 Å². The van der Waals surface area contributed by atoms with E-state index in [9.17, 15) is 0 Å². The molecule has 0 unspecified atom stereocenters. The Morgan fingerprint density at radius 1 is 0.913 bits per heavy atom. The normalized spacial score (nSPS) is 13.1. The second-order valence-electron chi connectivity index (χ2n) is 5.43. The molecule has 1 aliphatic heterocycles. The second kappa shape index (κ2) is 6.73. The minimum atomic E-state index is 0.740. The Labute approximate surface area is 136 Å². The summed E-state index contributed by atoms with van der Waals surface area (Å²) in [5, 5.41) is 0. The summed E-state index contributed by atoms with van der Waals surface area (Å²) in [5.41, 5.74) is 4.68. The van der Waals surface area contributed by atoms with Crippen molar-refractivity contribution >= 4 is 5.71 Å². The first-order chi connectivity index (χ1) is 11.3. The Balaban J connectivity index is 1.92. The molecule has 0 aromatic heterocycles. The van der Waals surface area contributed by atoms with Crippen molar-refractivity contribution < 1.29 is 14.2 Å². The molecule has 4 heteroatoms. The van der Waals surface area contributed by atoms with Crippen molar-refractivity contribution in [2.24, 2.45) is 4.99 Å². The maximum Gasteiger partial charge on any atom is 0.160 e. The maximum atomic E-state index is 5.49. The maximum absolute atomic E-state index is 5.49. The molecule has 2 aromatic rings. The van der Waals surface area contributed by atoms with Gasteiger partial charge in [-0.1, -0.05) is 18.2 Å². The molecule has 4 nitrogen and oxygen atoms in total. The predicted molar refractivity (Wildman–Crippen MR) is 91.4 cm³/mol. The minimum Gasteiger partial charge on any atom is -0.496 e. The second-order valence-corrected chi connectivity index (χ2v) is 5.43. The number of methoxy groups -OCH3 is 3. The quantitative estimate of drug-likeness (QED) is 0.850. The molecule has 0 saturated carbocycles. The van der Waals surface area contributed by atoms with Crippen LogP contribution in [0.25, 0.3) is 0 Å². The van der Waals surface area contributed by atoms with E-state index < -0.39 is 0 Å². The lowest BCUT2D eigenvalue weighted by atomic mass is 9.93. The van der Waals surface area contributed by atoms with E-state index in [1.807, 2.05) is 24.3 Å². The number of rotatable bonds is 5. The number of benzene rings is 2. The zero-order valence-corrected chi connectivity index (χ0v) is 13.8. The molecule has 0 amide bonds. The van der Waals surface area contributed by atoms with Crippen molar-refractivity contribution in [3.63, 3.8) is 0 Å². The zero-order valence-electron chi connectivity index (χ0n) is 13.8. The molecular formula is C19H21NO3. The van der Waals surface area contributed by atoms with E-state index >= 15 is 0 Å². The van der Waals surface area contributed by atoms with Crippen LogP contribution in [0, 0.1) is 0 Å². The Morgan fingerprint density at radius 2 is 1.70 bits per heavy atom. The summed E-state index contributed by atoms with van der Waals surface area (Å²) >= 11 is 0. The number of hydrogen-bond donors (Lipinski definition) is 0. The molecule has 2 aromatic carbocycles. The van der Waals surface area contributed by atoms with Crippen LogP contribution >= 0.6 is 0 Å². The van der Waals surface area contributed by atoms with Crippen LogP contribution in [-0.4, -0.2) is 33.6 Å². The third-order valence-corrected chi connectivity index (χ3v) is 4.15. The Kier molecular flexibility index (Phi) is 4.51. The molecular weight excluding hydrogens is 290 g/mol. The first-order valence-corrected chi connectivity index (χ1v) is 7.67. The van der Waals surface area contributed by atoms with Crippen LogP contribution < -0.4 is 14.2 Å². The third-order valence-electron chi connectivity index (χ3n) is 4.15. The molecule has 1 aliphatic rings. The van der Waals surface area contributed by atoms with Gasteiger partial charge in [0.1, 0.15) is 5.75 Å². The predicted octanol–water partition coefficient (Wildman–Crippen LogP) is 3.30. The Bertz CT molecular complexity index is 737. The average Bonchev–Trinajstić information content (AvgIpc) is 2.61. The lowest BCUT2D eigenvalue weighted by Crippen LogP contribution is -2.16. The van der Waals surface area contributed by atoms with Gasteiger partial charge in [0.25, 0.3) is 0 Å². The number of aliphatic imine (C=N–C) groups is 1. The molecule has 0 bridgehead atoms. The van der Waals surface area contributed by atoms with E-state index in [1.165, 1.54) is 11.1 Å². The van der Waals surface area contributed by atoms with Gasteiger partial charge in [0.05, 0.1) is 21.3 Å². The van der Waals surface area contributed by atoms with Gasteiger partial charge in [-0.05, 0) is 30.2 Å². The van der Waals surface area contributed by atoms with Crippen molar-refractivity contribution in [1.82, 2.24) is 0 Å². The zero-order chi connectivity index (χ0) is 16.2. The monoisotopic (exact) mass is 311 g/mol. The summed E-state index contributed by atoms with van der Waals surface area (Å²) in [6, 6.07) is 12.2. The summed E-state index contributed by atoms with van der Waals surface area (Å²) in [5.74, 6) is 2.43. The van der Waals surface area contributed by atoms with Crippen LogP contribution in [0.15, 0.2) is 41.4 Å². The molecule has 1 heterocycles. The van der Waals surface area contributed by atoms with Crippen LogP contribution in [-0.2, 0) is 12.8 Å². The highest BCUT2D eigenvalue weighted by molar-refractivity contribution is 6.04. The molecule has 120 valence electrons. The van der Waals surface area contributed by atoms with Crippen LogP contribution in [0.1, 0.15) is 16.7 Å². The van der Waals surface area contributed by atoms with E-state index in [1.54, 1.807) is 21.3 Å². The van der Waals surface area contributed by atoms with Crippen molar-refractivity contribution in [2.45, 2.75) is 12.8 Å². The van der Waals surface area contributed by atoms with Crippen LogP contribution in [0.4, 0.5) is 0 Å². The van der Waals surface area contributed by atoms with Crippen LogP contribution in [0.3, 0.4) is 0 Å². The third kappa shape index (κ3) is 3.02. The van der Waals surface area contributed by atoms with Gasteiger partial charge >= 0.3 is 0 Å². The van der Waals surface area contributed by atoms with E-state index in [2.05, 4.69) is 12.1 Å². The molecule has 0 aliphatic carbocycles. The fourth-order valence-electron chi connectivity index (χ4n) is 3.01. The molecule has 3 rings (SSSR count). The molecule has 0 atom stereocenters. The highest BCUT2D eigenvalue weighted by Crippen LogP contribution is 2.30. The number of ether oxygens (including phenoxy) is 3. The highest BCUT2D eigenvalue weighted by Gasteiger charge is 2.18. The molecule has 0 N–H and O–H groups in total. The number of hydrogen-bond acceptors (Lipinski definition) is 4. The van der Waals surface area contributed by atoms with Crippen molar-refractivity contribution in [3.8, 4) is 17.2 Å². The van der Waals surface area contributed by atoms with Gasteiger partial charge in [-0.15, -0.1) is 0 Å². The molecule has 0 spiro atoms.